The van der Waals surface area contributed by atoms with Gasteiger partial charge in [0.05, 0.1) is 0 Å². The highest BCUT2D eigenvalue weighted by Gasteiger charge is 2.43. The second-order valence-corrected chi connectivity index (χ2v) is 5.99. The summed E-state index contributed by atoms with van der Waals surface area (Å²) in [6.07, 6.45) is 4.71. The molecule has 1 aliphatic carbocycles. The zero-order valence-electron chi connectivity index (χ0n) is 11.6. The molecule has 3 atom stereocenters. The Kier molecular flexibility index (Phi) is 4.99. The summed E-state index contributed by atoms with van der Waals surface area (Å²) in [4.78, 5) is 11.6. The van der Waals surface area contributed by atoms with Crippen molar-refractivity contribution >= 4 is 5.97 Å². The smallest absolute Gasteiger partial charge is 0.323 e. The van der Waals surface area contributed by atoms with Gasteiger partial charge in [0, 0.05) is 6.04 Å². The van der Waals surface area contributed by atoms with Crippen LogP contribution in [0, 0.1) is 11.8 Å². The Morgan fingerprint density at radius 3 is 2.59 bits per heavy atom. The summed E-state index contributed by atoms with van der Waals surface area (Å²) in [6, 6.07) is 0.302. The van der Waals surface area contributed by atoms with Crippen molar-refractivity contribution in [2.24, 2.45) is 11.8 Å². The SMILES string of the molecule is CCC(NC1(C(=O)O)CCCC(C)C1)C(C)C. The molecule has 3 heteroatoms. The Morgan fingerprint density at radius 2 is 2.18 bits per heavy atom. The van der Waals surface area contributed by atoms with Gasteiger partial charge < -0.3 is 5.11 Å². The van der Waals surface area contributed by atoms with Gasteiger partial charge in [0.25, 0.3) is 0 Å². The summed E-state index contributed by atoms with van der Waals surface area (Å²) in [5.41, 5.74) is -0.678. The largest absolute Gasteiger partial charge is 0.480 e. The maximum atomic E-state index is 11.6. The molecule has 0 saturated heterocycles. The fourth-order valence-electron chi connectivity index (χ4n) is 3.03. The Labute approximate surface area is 105 Å². The van der Waals surface area contributed by atoms with Crippen molar-refractivity contribution in [3.8, 4) is 0 Å². The van der Waals surface area contributed by atoms with Crippen LogP contribution in [-0.2, 0) is 4.79 Å². The average molecular weight is 241 g/mol. The van der Waals surface area contributed by atoms with Crippen LogP contribution < -0.4 is 5.32 Å². The van der Waals surface area contributed by atoms with Crippen LogP contribution in [0.2, 0.25) is 0 Å². The Bertz CT molecular complexity index is 265. The molecule has 0 aromatic rings. The van der Waals surface area contributed by atoms with Gasteiger partial charge in [-0.25, -0.2) is 0 Å². The highest BCUT2D eigenvalue weighted by molar-refractivity contribution is 5.79. The second-order valence-electron chi connectivity index (χ2n) is 5.99. The molecule has 3 nitrogen and oxygen atoms in total. The van der Waals surface area contributed by atoms with E-state index in [9.17, 15) is 9.90 Å². The number of aliphatic carboxylic acids is 1. The summed E-state index contributed by atoms with van der Waals surface area (Å²) < 4.78 is 0. The maximum Gasteiger partial charge on any atom is 0.323 e. The predicted octanol–water partition coefficient (Wildman–Crippen LogP) is 3.04. The minimum absolute atomic E-state index is 0.302. The van der Waals surface area contributed by atoms with Gasteiger partial charge in [-0.3, -0.25) is 10.1 Å². The Hall–Kier alpha value is -0.570. The minimum Gasteiger partial charge on any atom is -0.480 e. The molecular weight excluding hydrogens is 214 g/mol. The summed E-state index contributed by atoms with van der Waals surface area (Å²) in [5, 5.41) is 13.0. The number of hydrogen-bond donors (Lipinski definition) is 2. The number of nitrogens with one attached hydrogen (secondary N) is 1. The molecule has 1 aliphatic rings. The minimum atomic E-state index is -0.678. The van der Waals surface area contributed by atoms with E-state index in [1.54, 1.807) is 0 Å². The number of carboxylic acids is 1. The lowest BCUT2D eigenvalue weighted by Gasteiger charge is -2.41. The Morgan fingerprint density at radius 1 is 1.53 bits per heavy atom. The van der Waals surface area contributed by atoms with Crippen molar-refractivity contribution in [2.75, 3.05) is 0 Å². The molecule has 100 valence electrons. The van der Waals surface area contributed by atoms with Gasteiger partial charge in [0.1, 0.15) is 5.54 Å². The molecule has 1 fully saturated rings. The maximum absolute atomic E-state index is 11.6. The molecule has 0 aromatic carbocycles. The molecule has 17 heavy (non-hydrogen) atoms. The zero-order chi connectivity index (χ0) is 13.1. The second kappa shape index (κ2) is 5.85. The van der Waals surface area contributed by atoms with E-state index in [2.05, 4.69) is 33.0 Å². The van der Waals surface area contributed by atoms with Crippen LogP contribution in [-0.4, -0.2) is 22.7 Å². The van der Waals surface area contributed by atoms with E-state index in [0.29, 0.717) is 17.9 Å². The molecule has 1 rings (SSSR count). The van der Waals surface area contributed by atoms with Crippen LogP contribution in [0.5, 0.6) is 0 Å². The van der Waals surface area contributed by atoms with E-state index in [1.807, 2.05) is 0 Å². The molecule has 0 aromatic heterocycles. The molecule has 0 spiro atoms. The van der Waals surface area contributed by atoms with Crippen LogP contribution in [0.1, 0.15) is 59.8 Å². The topological polar surface area (TPSA) is 49.3 Å². The highest BCUT2D eigenvalue weighted by atomic mass is 16.4. The Balaban J connectivity index is 2.81. The molecule has 0 radical (unpaired) electrons. The molecular formula is C14H27NO2. The van der Waals surface area contributed by atoms with Gasteiger partial charge in [-0.15, -0.1) is 0 Å². The third-order valence-electron chi connectivity index (χ3n) is 4.11. The lowest BCUT2D eigenvalue weighted by atomic mass is 9.75. The van der Waals surface area contributed by atoms with Crippen molar-refractivity contribution in [1.29, 1.82) is 0 Å². The van der Waals surface area contributed by atoms with Crippen molar-refractivity contribution in [2.45, 2.75) is 71.4 Å². The van der Waals surface area contributed by atoms with E-state index in [0.717, 1.165) is 32.1 Å². The van der Waals surface area contributed by atoms with E-state index < -0.39 is 11.5 Å². The van der Waals surface area contributed by atoms with Gasteiger partial charge >= 0.3 is 5.97 Å². The van der Waals surface area contributed by atoms with Gasteiger partial charge in [0.15, 0.2) is 0 Å². The summed E-state index contributed by atoms with van der Waals surface area (Å²) in [7, 11) is 0. The van der Waals surface area contributed by atoms with Crippen LogP contribution >= 0.6 is 0 Å². The standard InChI is InChI=1S/C14H27NO2/c1-5-12(10(2)3)15-14(13(16)17)8-6-7-11(4)9-14/h10-12,15H,5-9H2,1-4H3,(H,16,17). The normalized spacial score (nSPS) is 31.5. The molecule has 1 saturated carbocycles. The molecule has 0 heterocycles. The molecule has 0 amide bonds. The fraction of sp³-hybridized carbons (Fsp3) is 0.929. The first-order valence-electron chi connectivity index (χ1n) is 6.92. The average Bonchev–Trinajstić information content (AvgIpc) is 2.25. The highest BCUT2D eigenvalue weighted by Crippen LogP contribution is 2.33. The van der Waals surface area contributed by atoms with Crippen molar-refractivity contribution < 1.29 is 9.90 Å². The molecule has 0 aliphatic heterocycles. The summed E-state index contributed by atoms with van der Waals surface area (Å²) in [6.45, 7) is 8.60. The van der Waals surface area contributed by atoms with Crippen molar-refractivity contribution in [3.63, 3.8) is 0 Å². The predicted molar refractivity (Wildman–Crippen MR) is 70.1 cm³/mol. The first kappa shape index (κ1) is 14.5. The van der Waals surface area contributed by atoms with Crippen molar-refractivity contribution in [1.82, 2.24) is 5.32 Å². The summed E-state index contributed by atoms with van der Waals surface area (Å²) >= 11 is 0. The first-order valence-corrected chi connectivity index (χ1v) is 6.92. The third-order valence-corrected chi connectivity index (χ3v) is 4.11. The van der Waals surface area contributed by atoms with E-state index >= 15 is 0 Å². The van der Waals surface area contributed by atoms with Gasteiger partial charge in [-0.1, -0.05) is 40.5 Å². The van der Waals surface area contributed by atoms with E-state index in [1.165, 1.54) is 0 Å². The first-order chi connectivity index (χ1) is 7.91. The van der Waals surface area contributed by atoms with Crippen LogP contribution in [0.3, 0.4) is 0 Å². The molecule has 3 unspecified atom stereocenters. The number of carbonyl (C=O) groups is 1. The zero-order valence-corrected chi connectivity index (χ0v) is 11.6. The van der Waals surface area contributed by atoms with E-state index in [4.69, 9.17) is 0 Å². The molecule has 0 bridgehead atoms. The fourth-order valence-corrected chi connectivity index (χ4v) is 3.03. The van der Waals surface area contributed by atoms with Gasteiger partial charge in [-0.2, -0.15) is 0 Å². The van der Waals surface area contributed by atoms with Gasteiger partial charge in [0.2, 0.25) is 0 Å². The van der Waals surface area contributed by atoms with E-state index in [-0.39, 0.29) is 0 Å². The van der Waals surface area contributed by atoms with Gasteiger partial charge in [-0.05, 0) is 31.1 Å². The third kappa shape index (κ3) is 3.44. The summed E-state index contributed by atoms with van der Waals surface area (Å²) in [5.74, 6) is 0.327. The monoisotopic (exact) mass is 241 g/mol. The number of hydrogen-bond acceptors (Lipinski definition) is 2. The quantitative estimate of drug-likeness (QED) is 0.778. The van der Waals surface area contributed by atoms with Crippen LogP contribution in [0.15, 0.2) is 0 Å². The molecule has 2 N–H and O–H groups in total. The lowest BCUT2D eigenvalue weighted by Crippen LogP contribution is -2.59. The van der Waals surface area contributed by atoms with Crippen LogP contribution in [0.25, 0.3) is 0 Å². The number of carboxylic acid groups (broad SMARTS) is 1. The van der Waals surface area contributed by atoms with Crippen molar-refractivity contribution in [3.05, 3.63) is 0 Å². The van der Waals surface area contributed by atoms with Crippen LogP contribution in [0.4, 0.5) is 0 Å². The number of rotatable bonds is 5. The lowest BCUT2D eigenvalue weighted by molar-refractivity contribution is -0.147.